The molecule has 2 unspecified atom stereocenters. The molecular weight excluding hydrogens is 258 g/mol. The van der Waals surface area contributed by atoms with Crippen LogP contribution in [0.5, 0.6) is 5.75 Å². The van der Waals surface area contributed by atoms with Crippen molar-refractivity contribution < 1.29 is 19.4 Å². The largest absolute Gasteiger partial charge is 0.497 e. The van der Waals surface area contributed by atoms with E-state index in [-0.39, 0.29) is 17.4 Å². The zero-order chi connectivity index (χ0) is 14.7. The van der Waals surface area contributed by atoms with Gasteiger partial charge >= 0.3 is 5.97 Å². The van der Waals surface area contributed by atoms with Crippen LogP contribution < -0.4 is 10.1 Å². The van der Waals surface area contributed by atoms with E-state index in [2.05, 4.69) is 12.2 Å². The van der Waals surface area contributed by atoms with Crippen LogP contribution in [0.25, 0.3) is 0 Å². The smallest absolute Gasteiger partial charge is 0.337 e. The van der Waals surface area contributed by atoms with E-state index in [0.717, 1.165) is 19.3 Å². The maximum Gasteiger partial charge on any atom is 0.337 e. The summed E-state index contributed by atoms with van der Waals surface area (Å²) in [4.78, 5) is 23.5. The van der Waals surface area contributed by atoms with Crippen molar-refractivity contribution >= 4 is 17.6 Å². The van der Waals surface area contributed by atoms with E-state index in [0.29, 0.717) is 17.4 Å². The fourth-order valence-corrected chi connectivity index (χ4v) is 2.70. The maximum atomic E-state index is 12.2. The van der Waals surface area contributed by atoms with Crippen molar-refractivity contribution in [2.45, 2.75) is 26.2 Å². The van der Waals surface area contributed by atoms with E-state index in [1.165, 1.54) is 13.2 Å². The van der Waals surface area contributed by atoms with Crippen LogP contribution >= 0.6 is 0 Å². The molecule has 5 nitrogen and oxygen atoms in total. The summed E-state index contributed by atoms with van der Waals surface area (Å²) in [6, 6.07) is 4.62. The monoisotopic (exact) mass is 277 g/mol. The van der Waals surface area contributed by atoms with E-state index in [9.17, 15) is 14.7 Å². The lowest BCUT2D eigenvalue weighted by atomic mass is 9.97. The second-order valence-corrected chi connectivity index (χ2v) is 5.22. The van der Waals surface area contributed by atoms with Crippen LogP contribution in [0.3, 0.4) is 0 Å². The predicted molar refractivity (Wildman–Crippen MR) is 75.1 cm³/mol. The highest BCUT2D eigenvalue weighted by molar-refractivity contribution is 6.01. The molecule has 1 aliphatic rings. The minimum atomic E-state index is -1.08. The molecular formula is C15H19NO4. The van der Waals surface area contributed by atoms with Gasteiger partial charge in [0.1, 0.15) is 5.75 Å². The number of amides is 1. The summed E-state index contributed by atoms with van der Waals surface area (Å²) in [5.41, 5.74) is 0.366. The van der Waals surface area contributed by atoms with E-state index < -0.39 is 5.97 Å². The zero-order valence-corrected chi connectivity index (χ0v) is 11.7. The van der Waals surface area contributed by atoms with Gasteiger partial charge in [0.15, 0.2) is 0 Å². The van der Waals surface area contributed by atoms with Gasteiger partial charge in [0.2, 0.25) is 5.91 Å². The van der Waals surface area contributed by atoms with Gasteiger partial charge in [-0.05, 0) is 37.0 Å². The lowest BCUT2D eigenvalue weighted by Gasteiger charge is -2.16. The molecule has 1 aliphatic carbocycles. The summed E-state index contributed by atoms with van der Waals surface area (Å²) in [6.45, 7) is 2.06. The van der Waals surface area contributed by atoms with Gasteiger partial charge in [-0.15, -0.1) is 0 Å². The number of ether oxygens (including phenoxy) is 1. The molecule has 1 aromatic rings. The highest BCUT2D eigenvalue weighted by Gasteiger charge is 2.30. The van der Waals surface area contributed by atoms with Crippen LogP contribution in [0.15, 0.2) is 18.2 Å². The van der Waals surface area contributed by atoms with Gasteiger partial charge in [0.05, 0.1) is 18.4 Å². The summed E-state index contributed by atoms with van der Waals surface area (Å²) in [5.74, 6) is -0.406. The maximum absolute atomic E-state index is 12.2. The van der Waals surface area contributed by atoms with Gasteiger partial charge in [-0.1, -0.05) is 13.3 Å². The van der Waals surface area contributed by atoms with Crippen LogP contribution in [-0.2, 0) is 4.79 Å². The standard InChI is InChI=1S/C15H19NO4/c1-9-4-3-5-11(9)14(17)16-13-7-6-10(20-2)8-12(13)15(18)19/h6-9,11H,3-5H2,1-2H3,(H,16,17)(H,18,19). The van der Waals surface area contributed by atoms with Gasteiger partial charge < -0.3 is 15.2 Å². The molecule has 2 rings (SSSR count). The van der Waals surface area contributed by atoms with Crippen molar-refractivity contribution in [3.8, 4) is 5.75 Å². The fraction of sp³-hybridized carbons (Fsp3) is 0.467. The van der Waals surface area contributed by atoms with Crippen molar-refractivity contribution in [1.29, 1.82) is 0 Å². The first-order chi connectivity index (χ1) is 9.52. The molecule has 1 amide bonds. The summed E-state index contributed by atoms with van der Waals surface area (Å²) >= 11 is 0. The number of anilines is 1. The summed E-state index contributed by atoms with van der Waals surface area (Å²) in [6.07, 6.45) is 2.96. The normalized spacial score (nSPS) is 21.5. The summed E-state index contributed by atoms with van der Waals surface area (Å²) in [5, 5.41) is 11.9. The Labute approximate surface area is 117 Å². The Balaban J connectivity index is 2.20. The molecule has 108 valence electrons. The molecule has 0 aromatic heterocycles. The number of carboxylic acids is 1. The van der Waals surface area contributed by atoms with E-state index in [1.54, 1.807) is 12.1 Å². The van der Waals surface area contributed by atoms with Gasteiger partial charge in [-0.25, -0.2) is 4.79 Å². The lowest BCUT2D eigenvalue weighted by Crippen LogP contribution is -2.25. The Morgan fingerprint density at radius 3 is 2.65 bits per heavy atom. The van der Waals surface area contributed by atoms with Crippen LogP contribution in [0.1, 0.15) is 36.5 Å². The molecule has 5 heteroatoms. The van der Waals surface area contributed by atoms with Crippen LogP contribution in [-0.4, -0.2) is 24.1 Å². The number of methoxy groups -OCH3 is 1. The number of hydrogen-bond acceptors (Lipinski definition) is 3. The van der Waals surface area contributed by atoms with Gasteiger partial charge in [-0.3, -0.25) is 4.79 Å². The molecule has 1 aromatic carbocycles. The molecule has 1 fully saturated rings. The number of carboxylic acid groups (broad SMARTS) is 1. The lowest BCUT2D eigenvalue weighted by molar-refractivity contribution is -0.120. The number of benzene rings is 1. The molecule has 0 heterocycles. The van der Waals surface area contributed by atoms with Crippen LogP contribution in [0, 0.1) is 11.8 Å². The van der Waals surface area contributed by atoms with Crippen molar-refractivity contribution in [1.82, 2.24) is 0 Å². The third kappa shape index (κ3) is 2.92. The summed E-state index contributed by atoms with van der Waals surface area (Å²) < 4.78 is 5.01. The zero-order valence-electron chi connectivity index (χ0n) is 11.7. The van der Waals surface area contributed by atoms with Gasteiger partial charge in [0.25, 0.3) is 0 Å². The minimum Gasteiger partial charge on any atom is -0.497 e. The van der Waals surface area contributed by atoms with Crippen molar-refractivity contribution in [2.75, 3.05) is 12.4 Å². The van der Waals surface area contributed by atoms with Crippen molar-refractivity contribution in [3.05, 3.63) is 23.8 Å². The number of hydrogen-bond donors (Lipinski definition) is 2. The van der Waals surface area contributed by atoms with Gasteiger partial charge in [0, 0.05) is 5.92 Å². The van der Waals surface area contributed by atoms with E-state index in [1.807, 2.05) is 0 Å². The Kier molecular flexibility index (Phi) is 4.27. The second kappa shape index (κ2) is 5.94. The Bertz CT molecular complexity index is 527. The predicted octanol–water partition coefficient (Wildman–Crippen LogP) is 2.77. The quantitative estimate of drug-likeness (QED) is 0.887. The molecule has 2 atom stereocenters. The molecule has 0 saturated heterocycles. The Hall–Kier alpha value is -2.04. The van der Waals surface area contributed by atoms with Gasteiger partial charge in [-0.2, -0.15) is 0 Å². The fourth-order valence-electron chi connectivity index (χ4n) is 2.70. The minimum absolute atomic E-state index is 0.0289. The highest BCUT2D eigenvalue weighted by atomic mass is 16.5. The third-order valence-electron chi connectivity index (χ3n) is 3.91. The number of nitrogens with one attached hydrogen (secondary N) is 1. The van der Waals surface area contributed by atoms with E-state index >= 15 is 0 Å². The first-order valence-electron chi connectivity index (χ1n) is 6.75. The molecule has 0 spiro atoms. The van der Waals surface area contributed by atoms with Crippen molar-refractivity contribution in [2.24, 2.45) is 11.8 Å². The average Bonchev–Trinajstić information content (AvgIpc) is 2.85. The van der Waals surface area contributed by atoms with Crippen molar-refractivity contribution in [3.63, 3.8) is 0 Å². The molecule has 2 N–H and O–H groups in total. The number of aromatic carboxylic acids is 1. The highest BCUT2D eigenvalue weighted by Crippen LogP contribution is 2.32. The molecule has 0 aliphatic heterocycles. The average molecular weight is 277 g/mol. The van der Waals surface area contributed by atoms with E-state index in [4.69, 9.17) is 4.74 Å². The first-order valence-corrected chi connectivity index (χ1v) is 6.75. The summed E-state index contributed by atoms with van der Waals surface area (Å²) in [7, 11) is 1.47. The Morgan fingerprint density at radius 2 is 2.10 bits per heavy atom. The molecule has 0 bridgehead atoms. The number of carbonyl (C=O) groups excluding carboxylic acids is 1. The molecule has 0 radical (unpaired) electrons. The SMILES string of the molecule is COc1ccc(NC(=O)C2CCCC2C)c(C(=O)O)c1. The number of rotatable bonds is 4. The first kappa shape index (κ1) is 14.4. The molecule has 20 heavy (non-hydrogen) atoms. The van der Waals surface area contributed by atoms with Crippen LogP contribution in [0.4, 0.5) is 5.69 Å². The second-order valence-electron chi connectivity index (χ2n) is 5.22. The Morgan fingerprint density at radius 1 is 1.35 bits per heavy atom. The third-order valence-corrected chi connectivity index (χ3v) is 3.91. The molecule has 1 saturated carbocycles. The number of carbonyl (C=O) groups is 2. The van der Waals surface area contributed by atoms with Crippen LogP contribution in [0.2, 0.25) is 0 Å². The topological polar surface area (TPSA) is 75.6 Å².